The van der Waals surface area contributed by atoms with Crippen LogP contribution in [0.4, 0.5) is 0 Å². The Morgan fingerprint density at radius 1 is 1.06 bits per heavy atom. The molecule has 0 saturated heterocycles. The Balaban J connectivity index is 2.20. The van der Waals surface area contributed by atoms with Crippen LogP contribution in [0.25, 0.3) is 0 Å². The minimum Gasteiger partial charge on any atom is -0.282 e. The molecule has 86 valence electrons. The molecular formula is C14H11ClOS. The van der Waals surface area contributed by atoms with E-state index in [-0.39, 0.29) is 5.12 Å². The maximum Gasteiger partial charge on any atom is 0.216 e. The smallest absolute Gasteiger partial charge is 0.216 e. The summed E-state index contributed by atoms with van der Waals surface area (Å²) >= 11 is 9.87. The Hall–Kier alpha value is -1.25. The van der Waals surface area contributed by atoms with E-state index >= 15 is 0 Å². The van der Waals surface area contributed by atoms with E-state index in [9.17, 15) is 4.79 Å². The zero-order valence-electron chi connectivity index (χ0n) is 9.06. The third kappa shape index (κ3) is 3.11. The molecule has 0 heterocycles. The number of hydrogen-bond acceptors (Lipinski definition) is 1. The van der Waals surface area contributed by atoms with Crippen molar-refractivity contribution in [1.82, 2.24) is 0 Å². The van der Waals surface area contributed by atoms with Gasteiger partial charge in [0.25, 0.3) is 0 Å². The summed E-state index contributed by atoms with van der Waals surface area (Å²) < 4.78 is 0. The van der Waals surface area contributed by atoms with Crippen LogP contribution < -0.4 is 0 Å². The molecule has 0 bridgehead atoms. The Morgan fingerprint density at radius 3 is 2.29 bits per heavy atom. The quantitative estimate of drug-likeness (QED) is 0.828. The van der Waals surface area contributed by atoms with E-state index in [2.05, 4.69) is 12.6 Å². The fourth-order valence-corrected chi connectivity index (χ4v) is 1.98. The van der Waals surface area contributed by atoms with Crippen LogP contribution in [0.3, 0.4) is 0 Å². The highest BCUT2D eigenvalue weighted by Gasteiger charge is 2.03. The number of rotatable bonds is 3. The molecule has 1 nitrogen and oxygen atoms in total. The second-order valence-corrected chi connectivity index (χ2v) is 4.58. The maximum atomic E-state index is 11.0. The monoisotopic (exact) mass is 262 g/mol. The molecule has 0 aliphatic rings. The van der Waals surface area contributed by atoms with Crippen LogP contribution in [0, 0.1) is 0 Å². The summed E-state index contributed by atoms with van der Waals surface area (Å²) in [5, 5.41) is 0.552. The number of thiol groups is 1. The molecule has 0 saturated carbocycles. The first-order chi connectivity index (χ1) is 8.16. The number of halogens is 1. The van der Waals surface area contributed by atoms with E-state index in [0.29, 0.717) is 5.56 Å². The highest BCUT2D eigenvalue weighted by molar-refractivity contribution is 7.97. The van der Waals surface area contributed by atoms with Gasteiger partial charge >= 0.3 is 0 Å². The summed E-state index contributed by atoms with van der Waals surface area (Å²) in [4.78, 5) is 11.0. The van der Waals surface area contributed by atoms with Crippen LogP contribution in [0.2, 0.25) is 5.02 Å². The fraction of sp³-hybridized carbons (Fsp3) is 0.0714. The number of hydrogen-bond donors (Lipinski definition) is 1. The van der Waals surface area contributed by atoms with Crippen molar-refractivity contribution in [3.05, 3.63) is 70.2 Å². The van der Waals surface area contributed by atoms with E-state index in [0.717, 1.165) is 22.6 Å². The summed E-state index contributed by atoms with van der Waals surface area (Å²) in [5.41, 5.74) is 2.81. The molecule has 2 rings (SSSR count). The first-order valence-electron chi connectivity index (χ1n) is 5.22. The van der Waals surface area contributed by atoms with Crippen molar-refractivity contribution in [2.75, 3.05) is 0 Å². The molecule has 2 aromatic carbocycles. The third-order valence-electron chi connectivity index (χ3n) is 2.55. The van der Waals surface area contributed by atoms with Crippen molar-refractivity contribution < 1.29 is 4.79 Å². The molecule has 0 aliphatic carbocycles. The van der Waals surface area contributed by atoms with Crippen LogP contribution in [0.5, 0.6) is 0 Å². The first kappa shape index (κ1) is 12.2. The van der Waals surface area contributed by atoms with Gasteiger partial charge in [0.1, 0.15) is 0 Å². The van der Waals surface area contributed by atoms with E-state index < -0.39 is 0 Å². The van der Waals surface area contributed by atoms with Gasteiger partial charge in [0.15, 0.2) is 0 Å². The van der Waals surface area contributed by atoms with E-state index in [1.807, 2.05) is 36.4 Å². The zero-order chi connectivity index (χ0) is 12.3. The van der Waals surface area contributed by atoms with Crippen molar-refractivity contribution in [3.8, 4) is 0 Å². The van der Waals surface area contributed by atoms with Gasteiger partial charge in [-0.15, -0.1) is 12.6 Å². The predicted octanol–water partition coefficient (Wildman–Crippen LogP) is 4.00. The van der Waals surface area contributed by atoms with Gasteiger partial charge in [-0.1, -0.05) is 54.1 Å². The lowest BCUT2D eigenvalue weighted by molar-refractivity contribution is 0.109. The van der Waals surface area contributed by atoms with Gasteiger partial charge in [-0.3, -0.25) is 4.79 Å². The van der Waals surface area contributed by atoms with Crippen molar-refractivity contribution >= 4 is 29.3 Å². The molecule has 0 spiro atoms. The first-order valence-corrected chi connectivity index (χ1v) is 6.05. The average molecular weight is 263 g/mol. The number of benzene rings is 2. The summed E-state index contributed by atoms with van der Waals surface area (Å²) in [5.74, 6) is 0. The highest BCUT2D eigenvalue weighted by atomic mass is 35.5. The van der Waals surface area contributed by atoms with Gasteiger partial charge < -0.3 is 0 Å². The Labute approximate surface area is 111 Å². The molecule has 0 radical (unpaired) electrons. The zero-order valence-corrected chi connectivity index (χ0v) is 10.7. The summed E-state index contributed by atoms with van der Waals surface area (Å²) in [6.45, 7) is 0. The van der Waals surface area contributed by atoms with Gasteiger partial charge in [0.05, 0.1) is 0 Å². The molecule has 0 aromatic heterocycles. The Bertz CT molecular complexity index is 534. The molecule has 2 aromatic rings. The molecule has 0 N–H and O–H groups in total. The van der Waals surface area contributed by atoms with Crippen molar-refractivity contribution in [2.45, 2.75) is 6.42 Å². The van der Waals surface area contributed by atoms with Gasteiger partial charge in [-0.2, -0.15) is 0 Å². The predicted molar refractivity (Wildman–Crippen MR) is 74.0 cm³/mol. The van der Waals surface area contributed by atoms with Gasteiger partial charge in [0.2, 0.25) is 5.12 Å². The van der Waals surface area contributed by atoms with E-state index in [1.54, 1.807) is 12.1 Å². The summed E-state index contributed by atoms with van der Waals surface area (Å²) in [6.07, 6.45) is 0.765. The van der Waals surface area contributed by atoms with Crippen LogP contribution in [0.1, 0.15) is 21.5 Å². The normalized spacial score (nSPS) is 10.2. The molecule has 0 amide bonds. The molecule has 0 atom stereocenters. The van der Waals surface area contributed by atoms with Crippen LogP contribution in [-0.2, 0) is 6.42 Å². The summed E-state index contributed by atoms with van der Waals surface area (Å²) in [6, 6.07) is 15.2. The Morgan fingerprint density at radius 2 is 1.71 bits per heavy atom. The van der Waals surface area contributed by atoms with Crippen LogP contribution >= 0.6 is 24.2 Å². The molecular weight excluding hydrogens is 252 g/mol. The van der Waals surface area contributed by atoms with Crippen molar-refractivity contribution in [3.63, 3.8) is 0 Å². The second kappa shape index (κ2) is 5.39. The second-order valence-electron chi connectivity index (χ2n) is 3.77. The third-order valence-corrected chi connectivity index (χ3v) is 3.18. The maximum absolute atomic E-state index is 11.0. The number of carbonyl (C=O) groups is 1. The standard InChI is InChI=1S/C14H11ClOS/c15-13-4-2-1-3-12(13)9-10-5-7-11(8-6-10)14(16)17/h1-8H,9H2,(H,16,17). The SMILES string of the molecule is O=C(S)c1ccc(Cc2ccccc2Cl)cc1. The minimum atomic E-state index is -0.214. The van der Waals surface area contributed by atoms with Crippen molar-refractivity contribution in [1.29, 1.82) is 0 Å². The molecule has 0 unspecified atom stereocenters. The topological polar surface area (TPSA) is 17.1 Å². The van der Waals surface area contributed by atoms with Gasteiger partial charge in [0, 0.05) is 10.6 Å². The summed E-state index contributed by atoms with van der Waals surface area (Å²) in [7, 11) is 0. The largest absolute Gasteiger partial charge is 0.282 e. The van der Waals surface area contributed by atoms with E-state index in [1.165, 1.54) is 0 Å². The lowest BCUT2D eigenvalue weighted by Crippen LogP contribution is -1.92. The lowest BCUT2D eigenvalue weighted by atomic mass is 10.0. The molecule has 3 heteroatoms. The lowest BCUT2D eigenvalue weighted by Gasteiger charge is -2.04. The average Bonchev–Trinajstić information content (AvgIpc) is 2.33. The van der Waals surface area contributed by atoms with Crippen LogP contribution in [-0.4, -0.2) is 5.12 Å². The molecule has 0 aliphatic heterocycles. The molecule has 17 heavy (non-hydrogen) atoms. The van der Waals surface area contributed by atoms with Gasteiger partial charge in [-0.25, -0.2) is 0 Å². The fourth-order valence-electron chi connectivity index (χ4n) is 1.63. The van der Waals surface area contributed by atoms with Gasteiger partial charge in [-0.05, 0) is 23.6 Å². The highest BCUT2D eigenvalue weighted by Crippen LogP contribution is 2.19. The van der Waals surface area contributed by atoms with Crippen LogP contribution in [0.15, 0.2) is 48.5 Å². The van der Waals surface area contributed by atoms with E-state index in [4.69, 9.17) is 11.6 Å². The minimum absolute atomic E-state index is 0.214. The van der Waals surface area contributed by atoms with Crippen molar-refractivity contribution in [2.24, 2.45) is 0 Å². The Kier molecular flexibility index (Phi) is 3.87. The number of carbonyl (C=O) groups excluding carboxylic acids is 1. The molecule has 0 fully saturated rings.